The zero-order chi connectivity index (χ0) is 22.6. The number of carbonyl (C=O) groups is 1. The molecule has 0 saturated heterocycles. The number of nitrogens with one attached hydrogen (secondary N) is 1. The Balaban J connectivity index is 1.51. The van der Waals surface area contributed by atoms with Crippen LogP contribution in [0.1, 0.15) is 17.7 Å². The van der Waals surface area contributed by atoms with E-state index in [0.717, 1.165) is 16.3 Å². The van der Waals surface area contributed by atoms with Gasteiger partial charge in [0.1, 0.15) is 0 Å². The summed E-state index contributed by atoms with van der Waals surface area (Å²) < 4.78 is 41.5. The molecule has 0 unspecified atom stereocenters. The number of hydrogen-bond acceptors (Lipinski definition) is 4. The molecule has 3 heterocycles. The maximum atomic E-state index is 13.6. The van der Waals surface area contributed by atoms with Gasteiger partial charge in [-0.3, -0.25) is 9.78 Å². The Labute approximate surface area is 181 Å². The van der Waals surface area contributed by atoms with E-state index in [0.29, 0.717) is 17.7 Å². The first-order chi connectivity index (χ1) is 15.4. The molecular formula is C23H18F3N5O. The van der Waals surface area contributed by atoms with Crippen LogP contribution in [0.25, 0.3) is 17.1 Å². The highest BCUT2D eigenvalue weighted by Gasteiger charge is 2.36. The molecule has 32 heavy (non-hydrogen) atoms. The largest absolute Gasteiger partial charge is 0.433 e. The molecule has 0 bridgehead atoms. The number of aromatic nitrogens is 4. The van der Waals surface area contributed by atoms with E-state index in [1.54, 1.807) is 12.1 Å². The summed E-state index contributed by atoms with van der Waals surface area (Å²) in [6, 6.07) is 16.7. The van der Waals surface area contributed by atoms with E-state index in [1.807, 2.05) is 30.3 Å². The Bertz CT molecular complexity index is 1190. The van der Waals surface area contributed by atoms with Crippen LogP contribution in [-0.4, -0.2) is 25.7 Å². The normalized spacial score (nSPS) is 11.3. The molecule has 0 atom stereocenters. The highest BCUT2D eigenvalue weighted by atomic mass is 19.4. The van der Waals surface area contributed by atoms with Crippen LogP contribution in [0.2, 0.25) is 0 Å². The molecular weight excluding hydrogens is 419 g/mol. The fourth-order valence-corrected chi connectivity index (χ4v) is 3.12. The minimum absolute atomic E-state index is 0.0188. The summed E-state index contributed by atoms with van der Waals surface area (Å²) in [6.07, 6.45) is 0.504. The fourth-order valence-electron chi connectivity index (χ4n) is 3.12. The third-order valence-electron chi connectivity index (χ3n) is 4.69. The van der Waals surface area contributed by atoms with Gasteiger partial charge in [-0.15, -0.1) is 0 Å². The quantitative estimate of drug-likeness (QED) is 0.465. The van der Waals surface area contributed by atoms with Crippen LogP contribution in [0.3, 0.4) is 0 Å². The Hall–Kier alpha value is -4.01. The minimum atomic E-state index is -4.63. The topological polar surface area (TPSA) is 72.7 Å². The molecule has 0 fully saturated rings. The number of rotatable bonds is 6. The summed E-state index contributed by atoms with van der Waals surface area (Å²) in [5, 5.41) is 6.78. The molecule has 0 saturated carbocycles. The second-order valence-electron chi connectivity index (χ2n) is 7.00. The van der Waals surface area contributed by atoms with E-state index in [9.17, 15) is 18.0 Å². The lowest BCUT2D eigenvalue weighted by Gasteiger charge is -2.10. The van der Waals surface area contributed by atoms with Gasteiger partial charge in [0.25, 0.3) is 0 Å². The van der Waals surface area contributed by atoms with Crippen molar-refractivity contribution in [2.75, 3.05) is 5.32 Å². The zero-order valence-corrected chi connectivity index (χ0v) is 16.8. The molecule has 0 aliphatic rings. The highest BCUT2D eigenvalue weighted by molar-refractivity contribution is 5.90. The van der Waals surface area contributed by atoms with Crippen molar-refractivity contribution in [2.45, 2.75) is 19.0 Å². The minimum Gasteiger partial charge on any atom is -0.325 e. The maximum Gasteiger partial charge on any atom is 0.433 e. The second-order valence-corrected chi connectivity index (χ2v) is 7.00. The summed E-state index contributed by atoms with van der Waals surface area (Å²) in [7, 11) is 0. The number of hydrogen-bond donors (Lipinski definition) is 1. The van der Waals surface area contributed by atoms with E-state index in [4.69, 9.17) is 0 Å². The first-order valence-corrected chi connectivity index (χ1v) is 9.78. The van der Waals surface area contributed by atoms with Crippen molar-refractivity contribution in [3.63, 3.8) is 0 Å². The molecule has 1 amide bonds. The monoisotopic (exact) mass is 437 g/mol. The van der Waals surface area contributed by atoms with Crippen LogP contribution in [0, 0.1) is 0 Å². The molecule has 4 rings (SSSR count). The van der Waals surface area contributed by atoms with Crippen LogP contribution in [0.5, 0.6) is 0 Å². The van der Waals surface area contributed by atoms with E-state index in [-0.39, 0.29) is 23.8 Å². The first kappa shape index (κ1) is 21.2. The lowest BCUT2D eigenvalue weighted by molar-refractivity contribution is -0.142. The van der Waals surface area contributed by atoms with Gasteiger partial charge in [-0.2, -0.15) is 18.3 Å². The summed E-state index contributed by atoms with van der Waals surface area (Å²) in [5.74, 6) is -0.230. The van der Waals surface area contributed by atoms with Gasteiger partial charge in [-0.25, -0.2) is 9.67 Å². The van der Waals surface area contributed by atoms with Crippen molar-refractivity contribution in [3.8, 4) is 17.1 Å². The molecule has 9 heteroatoms. The van der Waals surface area contributed by atoms with Crippen molar-refractivity contribution in [1.82, 2.24) is 19.7 Å². The molecule has 1 aromatic carbocycles. The van der Waals surface area contributed by atoms with Gasteiger partial charge in [-0.1, -0.05) is 30.3 Å². The number of aryl methyl sites for hydroxylation is 1. The van der Waals surface area contributed by atoms with Gasteiger partial charge >= 0.3 is 6.18 Å². The predicted molar refractivity (Wildman–Crippen MR) is 113 cm³/mol. The summed E-state index contributed by atoms with van der Waals surface area (Å²) in [6.45, 7) is 0. The standard InChI is InChI=1S/C23H18F3N5O/c24-23(25,26)20-13-19(17-7-4-12-27-14-17)30-31(20)21-10-9-18(15-28-21)29-22(32)11-8-16-5-2-1-3-6-16/h1-7,9-10,12-15H,8,11H2,(H,29,32). The molecule has 162 valence electrons. The van der Waals surface area contributed by atoms with Crippen molar-refractivity contribution >= 4 is 11.6 Å². The number of nitrogens with zero attached hydrogens (tertiary/aromatic N) is 4. The summed E-state index contributed by atoms with van der Waals surface area (Å²) in [5.41, 5.74) is 1.06. The second kappa shape index (κ2) is 9.01. The zero-order valence-electron chi connectivity index (χ0n) is 16.8. The maximum absolute atomic E-state index is 13.6. The Morgan fingerprint density at radius 2 is 1.81 bits per heavy atom. The molecule has 4 aromatic rings. The van der Waals surface area contributed by atoms with Gasteiger partial charge in [0, 0.05) is 24.4 Å². The molecule has 6 nitrogen and oxygen atoms in total. The summed E-state index contributed by atoms with van der Waals surface area (Å²) >= 11 is 0. The molecule has 0 aliphatic heterocycles. The summed E-state index contributed by atoms with van der Waals surface area (Å²) in [4.78, 5) is 20.2. The third-order valence-corrected chi connectivity index (χ3v) is 4.69. The Kier molecular flexibility index (Phi) is 5.98. The van der Waals surface area contributed by atoms with Crippen LogP contribution in [0.15, 0.2) is 79.3 Å². The number of halogens is 3. The van der Waals surface area contributed by atoms with Crippen LogP contribution in [0.4, 0.5) is 18.9 Å². The lowest BCUT2D eigenvalue weighted by Crippen LogP contribution is -2.15. The van der Waals surface area contributed by atoms with Crippen molar-refractivity contribution in [1.29, 1.82) is 0 Å². The smallest absolute Gasteiger partial charge is 0.325 e. The number of carbonyl (C=O) groups excluding carboxylic acids is 1. The molecule has 1 N–H and O–H groups in total. The van der Waals surface area contributed by atoms with E-state index in [2.05, 4.69) is 20.4 Å². The molecule has 0 aliphatic carbocycles. The van der Waals surface area contributed by atoms with Crippen LogP contribution >= 0.6 is 0 Å². The third kappa shape index (κ3) is 5.00. The molecule has 0 radical (unpaired) electrons. The van der Waals surface area contributed by atoms with E-state index >= 15 is 0 Å². The van der Waals surface area contributed by atoms with Gasteiger partial charge in [0.2, 0.25) is 5.91 Å². The highest BCUT2D eigenvalue weighted by Crippen LogP contribution is 2.33. The van der Waals surface area contributed by atoms with Crippen LogP contribution < -0.4 is 5.32 Å². The van der Waals surface area contributed by atoms with Crippen molar-refractivity contribution < 1.29 is 18.0 Å². The average molecular weight is 437 g/mol. The van der Waals surface area contributed by atoms with E-state index in [1.165, 1.54) is 30.7 Å². The Morgan fingerprint density at radius 1 is 1.00 bits per heavy atom. The lowest BCUT2D eigenvalue weighted by atomic mass is 10.1. The van der Waals surface area contributed by atoms with Crippen molar-refractivity contribution in [3.05, 3.63) is 90.5 Å². The first-order valence-electron chi connectivity index (χ1n) is 9.78. The SMILES string of the molecule is O=C(CCc1ccccc1)Nc1ccc(-n2nc(-c3cccnc3)cc2C(F)(F)F)nc1. The van der Waals surface area contributed by atoms with Gasteiger partial charge < -0.3 is 5.32 Å². The van der Waals surface area contributed by atoms with Gasteiger partial charge in [0.15, 0.2) is 11.5 Å². The van der Waals surface area contributed by atoms with Crippen molar-refractivity contribution in [2.24, 2.45) is 0 Å². The predicted octanol–water partition coefficient (Wildman–Crippen LogP) is 4.92. The fraction of sp³-hybridized carbons (Fsp3) is 0.130. The number of pyridine rings is 2. The average Bonchev–Trinajstić information content (AvgIpc) is 3.26. The number of amides is 1. The van der Waals surface area contributed by atoms with E-state index < -0.39 is 11.9 Å². The number of benzene rings is 1. The van der Waals surface area contributed by atoms with Gasteiger partial charge in [0.05, 0.1) is 17.6 Å². The molecule has 3 aromatic heterocycles. The number of anilines is 1. The molecule has 0 spiro atoms. The Morgan fingerprint density at radius 3 is 2.47 bits per heavy atom. The van der Waals surface area contributed by atoms with Gasteiger partial charge in [-0.05, 0) is 42.3 Å². The van der Waals surface area contributed by atoms with Crippen LogP contribution in [-0.2, 0) is 17.4 Å². The number of alkyl halides is 3.